The first kappa shape index (κ1) is 14.7. The zero-order valence-electron chi connectivity index (χ0n) is 10.6. The van der Waals surface area contributed by atoms with E-state index in [1.54, 1.807) is 0 Å². The van der Waals surface area contributed by atoms with Gasteiger partial charge >= 0.3 is 0 Å². The van der Waals surface area contributed by atoms with Crippen LogP contribution in [0.25, 0.3) is 0 Å². The van der Waals surface area contributed by atoms with Gasteiger partial charge in [-0.05, 0) is 30.5 Å². The van der Waals surface area contributed by atoms with Gasteiger partial charge < -0.3 is 10.4 Å². The molecule has 17 heavy (non-hydrogen) atoms. The molecule has 2 N–H and O–H groups in total. The molecule has 0 saturated carbocycles. The van der Waals surface area contributed by atoms with Gasteiger partial charge in [-0.2, -0.15) is 0 Å². The molecule has 0 bridgehead atoms. The van der Waals surface area contributed by atoms with Gasteiger partial charge in [0.25, 0.3) is 0 Å². The van der Waals surface area contributed by atoms with Crippen LogP contribution in [0, 0.1) is 0 Å². The van der Waals surface area contributed by atoms with E-state index in [2.05, 4.69) is 59.4 Å². The van der Waals surface area contributed by atoms with Gasteiger partial charge in [-0.25, -0.2) is 0 Å². The normalized spacial score (nSPS) is 14.6. The largest absolute Gasteiger partial charge is 0.392 e. The summed E-state index contributed by atoms with van der Waals surface area (Å²) in [7, 11) is 0. The lowest BCUT2D eigenvalue weighted by molar-refractivity contribution is 0.156. The van der Waals surface area contributed by atoms with Crippen LogP contribution in [0.4, 0.5) is 0 Å². The molecule has 0 radical (unpaired) electrons. The molecule has 96 valence electrons. The molecule has 3 heteroatoms. The summed E-state index contributed by atoms with van der Waals surface area (Å²) in [6.07, 6.45) is 2.69. The Kier molecular flexibility index (Phi) is 6.78. The van der Waals surface area contributed by atoms with E-state index in [1.807, 2.05) is 0 Å². The first-order chi connectivity index (χ1) is 8.17. The van der Waals surface area contributed by atoms with Crippen molar-refractivity contribution < 1.29 is 5.11 Å². The van der Waals surface area contributed by atoms with Crippen molar-refractivity contribution in [1.29, 1.82) is 0 Å². The van der Waals surface area contributed by atoms with Crippen molar-refractivity contribution in [2.45, 2.75) is 45.3 Å². The average molecular weight is 300 g/mol. The van der Waals surface area contributed by atoms with E-state index in [1.165, 1.54) is 5.56 Å². The highest BCUT2D eigenvalue weighted by atomic mass is 79.9. The molecule has 0 fully saturated rings. The lowest BCUT2D eigenvalue weighted by atomic mass is 10.0. The van der Waals surface area contributed by atoms with E-state index < -0.39 is 0 Å². The Hall–Kier alpha value is -0.380. The second-order valence-corrected chi connectivity index (χ2v) is 5.28. The monoisotopic (exact) mass is 299 g/mol. The summed E-state index contributed by atoms with van der Waals surface area (Å²) in [4.78, 5) is 0. The summed E-state index contributed by atoms with van der Waals surface area (Å²) in [6, 6.07) is 8.69. The number of hydrogen-bond donors (Lipinski definition) is 2. The Bertz CT molecular complexity index is 313. The maximum atomic E-state index is 9.71. The molecule has 0 aromatic heterocycles. The maximum Gasteiger partial charge on any atom is 0.0664 e. The van der Waals surface area contributed by atoms with Crippen molar-refractivity contribution in [3.05, 3.63) is 34.3 Å². The lowest BCUT2D eigenvalue weighted by Gasteiger charge is -2.19. The van der Waals surface area contributed by atoms with Crippen molar-refractivity contribution in [1.82, 2.24) is 5.32 Å². The van der Waals surface area contributed by atoms with Gasteiger partial charge in [-0.1, -0.05) is 48.3 Å². The topological polar surface area (TPSA) is 32.3 Å². The van der Waals surface area contributed by atoms with Gasteiger partial charge in [0.05, 0.1) is 6.10 Å². The van der Waals surface area contributed by atoms with Crippen LogP contribution in [0.2, 0.25) is 0 Å². The molecule has 1 rings (SSSR count). The first-order valence-electron chi connectivity index (χ1n) is 6.34. The maximum absolute atomic E-state index is 9.71. The highest BCUT2D eigenvalue weighted by Crippen LogP contribution is 2.19. The van der Waals surface area contributed by atoms with E-state index in [9.17, 15) is 5.11 Å². The van der Waals surface area contributed by atoms with Gasteiger partial charge in [0, 0.05) is 17.1 Å². The van der Waals surface area contributed by atoms with E-state index in [4.69, 9.17) is 0 Å². The fourth-order valence-corrected chi connectivity index (χ4v) is 2.17. The molecule has 2 unspecified atom stereocenters. The van der Waals surface area contributed by atoms with Crippen LogP contribution in [0.3, 0.4) is 0 Å². The fourth-order valence-electron chi connectivity index (χ4n) is 1.91. The second kappa shape index (κ2) is 7.85. The smallest absolute Gasteiger partial charge is 0.0664 e. The number of halogens is 1. The standard InChI is InChI=1S/C14H22BrNO/c1-3-5-13(17)10-16-14(4-2)11-6-8-12(15)9-7-11/h6-9,13-14,16-17H,3-5,10H2,1-2H3. The summed E-state index contributed by atoms with van der Waals surface area (Å²) in [6.45, 7) is 4.92. The summed E-state index contributed by atoms with van der Waals surface area (Å²) >= 11 is 3.44. The molecular weight excluding hydrogens is 278 g/mol. The Labute approximate surface area is 113 Å². The Morgan fingerprint density at radius 2 is 1.88 bits per heavy atom. The molecule has 0 saturated heterocycles. The van der Waals surface area contributed by atoms with Crippen molar-refractivity contribution in [2.24, 2.45) is 0 Å². The predicted octanol–water partition coefficient (Wildman–Crippen LogP) is 3.65. The van der Waals surface area contributed by atoms with Crippen LogP contribution in [0.1, 0.15) is 44.7 Å². The van der Waals surface area contributed by atoms with Gasteiger partial charge in [0.2, 0.25) is 0 Å². The van der Waals surface area contributed by atoms with E-state index >= 15 is 0 Å². The minimum atomic E-state index is -0.232. The molecule has 0 aliphatic heterocycles. The third-order valence-electron chi connectivity index (χ3n) is 2.90. The number of aliphatic hydroxyl groups excluding tert-OH is 1. The highest BCUT2D eigenvalue weighted by Gasteiger charge is 2.10. The molecule has 0 heterocycles. The molecule has 0 aliphatic carbocycles. The van der Waals surface area contributed by atoms with E-state index in [-0.39, 0.29) is 6.10 Å². The van der Waals surface area contributed by atoms with Gasteiger partial charge in [0.1, 0.15) is 0 Å². The van der Waals surface area contributed by atoms with Crippen LogP contribution in [-0.4, -0.2) is 17.8 Å². The third kappa shape index (κ3) is 5.19. The number of aliphatic hydroxyl groups is 1. The molecule has 0 aliphatic rings. The minimum Gasteiger partial charge on any atom is -0.392 e. The Morgan fingerprint density at radius 1 is 1.24 bits per heavy atom. The highest BCUT2D eigenvalue weighted by molar-refractivity contribution is 9.10. The van der Waals surface area contributed by atoms with Crippen LogP contribution < -0.4 is 5.32 Å². The SMILES string of the molecule is CCCC(O)CNC(CC)c1ccc(Br)cc1. The van der Waals surface area contributed by atoms with Crippen molar-refractivity contribution in [3.63, 3.8) is 0 Å². The zero-order valence-corrected chi connectivity index (χ0v) is 12.2. The molecule has 0 amide bonds. The first-order valence-corrected chi connectivity index (χ1v) is 7.13. The third-order valence-corrected chi connectivity index (χ3v) is 3.43. The van der Waals surface area contributed by atoms with E-state index in [0.717, 1.165) is 23.7 Å². The predicted molar refractivity (Wildman–Crippen MR) is 76.1 cm³/mol. The zero-order chi connectivity index (χ0) is 12.7. The molecule has 1 aromatic rings. The van der Waals surface area contributed by atoms with Gasteiger partial charge in [-0.15, -0.1) is 0 Å². The number of rotatable bonds is 7. The number of benzene rings is 1. The fraction of sp³-hybridized carbons (Fsp3) is 0.571. The Balaban J connectivity index is 2.51. The van der Waals surface area contributed by atoms with Crippen LogP contribution >= 0.6 is 15.9 Å². The summed E-state index contributed by atoms with van der Waals surface area (Å²) in [5.74, 6) is 0. The van der Waals surface area contributed by atoms with Crippen molar-refractivity contribution in [3.8, 4) is 0 Å². The summed E-state index contributed by atoms with van der Waals surface area (Å²) in [5.41, 5.74) is 1.28. The number of nitrogens with one attached hydrogen (secondary N) is 1. The second-order valence-electron chi connectivity index (χ2n) is 4.36. The van der Waals surface area contributed by atoms with Gasteiger partial charge in [-0.3, -0.25) is 0 Å². The van der Waals surface area contributed by atoms with Crippen LogP contribution in [-0.2, 0) is 0 Å². The molecule has 0 spiro atoms. The van der Waals surface area contributed by atoms with Gasteiger partial charge in [0.15, 0.2) is 0 Å². The van der Waals surface area contributed by atoms with Crippen LogP contribution in [0.5, 0.6) is 0 Å². The van der Waals surface area contributed by atoms with E-state index in [0.29, 0.717) is 12.6 Å². The molecule has 2 atom stereocenters. The van der Waals surface area contributed by atoms with Crippen molar-refractivity contribution in [2.75, 3.05) is 6.54 Å². The quantitative estimate of drug-likeness (QED) is 0.805. The summed E-state index contributed by atoms with van der Waals surface area (Å²) in [5, 5.41) is 13.1. The average Bonchev–Trinajstić information content (AvgIpc) is 2.32. The summed E-state index contributed by atoms with van der Waals surface area (Å²) < 4.78 is 1.10. The van der Waals surface area contributed by atoms with Crippen molar-refractivity contribution >= 4 is 15.9 Å². The van der Waals surface area contributed by atoms with Crippen LogP contribution in [0.15, 0.2) is 28.7 Å². The number of hydrogen-bond acceptors (Lipinski definition) is 2. The Morgan fingerprint density at radius 3 is 2.41 bits per heavy atom. The molecule has 2 nitrogen and oxygen atoms in total. The molecule has 1 aromatic carbocycles. The molecular formula is C14H22BrNO. The minimum absolute atomic E-state index is 0.232. The lowest BCUT2D eigenvalue weighted by Crippen LogP contribution is -2.30.